The fraction of sp³-hybridized carbons (Fsp3) is 0.250. The van der Waals surface area contributed by atoms with E-state index >= 15 is 0 Å². The summed E-state index contributed by atoms with van der Waals surface area (Å²) in [6, 6.07) is 13.7. The van der Waals surface area contributed by atoms with Crippen molar-refractivity contribution in [3.8, 4) is 5.75 Å². The Bertz CT molecular complexity index is 1370. The van der Waals surface area contributed by atoms with Crippen molar-refractivity contribution < 1.29 is 13.9 Å². The molecule has 32 heavy (non-hydrogen) atoms. The summed E-state index contributed by atoms with van der Waals surface area (Å²) in [6.45, 7) is 6.51. The lowest BCUT2D eigenvalue weighted by Crippen LogP contribution is -2.29. The van der Waals surface area contributed by atoms with E-state index in [1.165, 1.54) is 16.2 Å². The van der Waals surface area contributed by atoms with E-state index in [4.69, 9.17) is 9.15 Å². The lowest BCUT2D eigenvalue weighted by atomic mass is 9.98. The lowest BCUT2D eigenvalue weighted by Gasteiger charge is -2.22. The topological polar surface area (TPSA) is 85.5 Å². The van der Waals surface area contributed by atoms with Crippen LogP contribution in [0.15, 0.2) is 57.7 Å². The molecule has 1 aliphatic rings. The van der Waals surface area contributed by atoms with E-state index in [0.717, 1.165) is 16.3 Å². The number of aromatic nitrogens is 2. The van der Waals surface area contributed by atoms with Gasteiger partial charge in [-0.2, -0.15) is 0 Å². The third-order valence-corrected chi connectivity index (χ3v) is 6.64. The number of hydrogen-bond donors (Lipinski definition) is 0. The monoisotopic (exact) mass is 447 g/mol. The average molecular weight is 448 g/mol. The highest BCUT2D eigenvalue weighted by molar-refractivity contribution is 7.15. The Morgan fingerprint density at radius 2 is 1.84 bits per heavy atom. The number of ether oxygens (including phenoxy) is 1. The molecule has 5 rings (SSSR count). The van der Waals surface area contributed by atoms with Crippen LogP contribution in [0.3, 0.4) is 0 Å². The van der Waals surface area contributed by atoms with Crippen molar-refractivity contribution in [1.82, 2.24) is 10.2 Å². The molecule has 0 saturated carbocycles. The second-order valence-corrected chi connectivity index (χ2v) is 8.82. The van der Waals surface area contributed by atoms with Gasteiger partial charge in [0.2, 0.25) is 10.9 Å². The second kappa shape index (κ2) is 7.87. The number of rotatable bonds is 5. The van der Waals surface area contributed by atoms with Crippen LogP contribution in [0, 0.1) is 0 Å². The normalized spacial score (nSPS) is 15.6. The number of nitrogens with zero attached hydrogens (tertiary/aromatic N) is 3. The van der Waals surface area contributed by atoms with Crippen molar-refractivity contribution in [2.45, 2.75) is 32.7 Å². The van der Waals surface area contributed by atoms with E-state index in [-0.39, 0.29) is 17.1 Å². The molecule has 1 amide bonds. The van der Waals surface area contributed by atoms with E-state index in [0.29, 0.717) is 28.3 Å². The zero-order valence-electron chi connectivity index (χ0n) is 17.9. The Balaban J connectivity index is 1.73. The molecule has 1 unspecified atom stereocenters. The molecule has 7 nitrogen and oxygen atoms in total. The molecule has 2 aromatic carbocycles. The molecule has 1 aliphatic heterocycles. The average Bonchev–Trinajstić information content (AvgIpc) is 3.38. The molecule has 8 heteroatoms. The molecule has 0 aliphatic carbocycles. The van der Waals surface area contributed by atoms with E-state index in [2.05, 4.69) is 10.2 Å². The molecule has 4 aromatic rings. The molecule has 1 atom stereocenters. The van der Waals surface area contributed by atoms with Crippen LogP contribution in [0.2, 0.25) is 0 Å². The summed E-state index contributed by atoms with van der Waals surface area (Å²) in [6.07, 6.45) is 0. The molecule has 0 N–H and O–H groups in total. The van der Waals surface area contributed by atoms with Crippen LogP contribution in [0.25, 0.3) is 11.0 Å². The molecule has 2 aromatic heterocycles. The van der Waals surface area contributed by atoms with Gasteiger partial charge in [-0.05, 0) is 36.8 Å². The maximum atomic E-state index is 13.5. The maximum absolute atomic E-state index is 13.5. The van der Waals surface area contributed by atoms with E-state index in [1.807, 2.05) is 45.0 Å². The summed E-state index contributed by atoms with van der Waals surface area (Å²) in [4.78, 5) is 28.6. The zero-order valence-corrected chi connectivity index (χ0v) is 18.7. The summed E-state index contributed by atoms with van der Waals surface area (Å²) in [7, 11) is 0. The molecule has 0 bridgehead atoms. The number of carbonyl (C=O) groups excluding carboxylic acids is 1. The van der Waals surface area contributed by atoms with Crippen molar-refractivity contribution in [2.75, 3.05) is 11.5 Å². The first-order valence-electron chi connectivity index (χ1n) is 10.4. The predicted molar refractivity (Wildman–Crippen MR) is 123 cm³/mol. The van der Waals surface area contributed by atoms with Crippen LogP contribution in [-0.2, 0) is 0 Å². The second-order valence-electron chi connectivity index (χ2n) is 7.83. The van der Waals surface area contributed by atoms with Gasteiger partial charge in [0.05, 0.1) is 23.6 Å². The Kier molecular flexibility index (Phi) is 5.01. The first-order valence-corrected chi connectivity index (χ1v) is 11.3. The standard InChI is InChI=1S/C24H21N3O4S/c1-4-30-15-11-9-14(10-12-15)19-18-20(28)16-7-5-6-8-17(16)31-21(18)23(29)27(19)24-26-25-22(32-24)13(2)3/h5-13,19H,4H2,1-3H3. The molecule has 162 valence electrons. The summed E-state index contributed by atoms with van der Waals surface area (Å²) in [5, 5.41) is 10.2. The largest absolute Gasteiger partial charge is 0.494 e. The van der Waals surface area contributed by atoms with Crippen molar-refractivity contribution >= 4 is 33.3 Å². The van der Waals surface area contributed by atoms with Gasteiger partial charge in [-0.25, -0.2) is 0 Å². The number of anilines is 1. The molecule has 0 saturated heterocycles. The van der Waals surface area contributed by atoms with E-state index < -0.39 is 11.9 Å². The minimum Gasteiger partial charge on any atom is -0.494 e. The van der Waals surface area contributed by atoms with Gasteiger partial charge in [0.1, 0.15) is 16.3 Å². The quantitative estimate of drug-likeness (QED) is 0.432. The van der Waals surface area contributed by atoms with Crippen molar-refractivity contribution in [2.24, 2.45) is 0 Å². The maximum Gasteiger partial charge on any atom is 0.297 e. The van der Waals surface area contributed by atoms with Gasteiger partial charge in [0.25, 0.3) is 5.91 Å². The highest BCUT2D eigenvalue weighted by Gasteiger charge is 2.45. The first-order chi connectivity index (χ1) is 15.5. The molecule has 0 spiro atoms. The van der Waals surface area contributed by atoms with E-state index in [1.54, 1.807) is 24.3 Å². The fourth-order valence-corrected chi connectivity index (χ4v) is 4.78. The number of fused-ring (bicyclic) bond motifs is 2. The Morgan fingerprint density at radius 1 is 1.09 bits per heavy atom. The number of benzene rings is 2. The SMILES string of the molecule is CCOc1ccc(C2c3c(oc4ccccc4c3=O)C(=O)N2c2nnc(C(C)C)s2)cc1. The van der Waals surface area contributed by atoms with Crippen molar-refractivity contribution in [3.05, 3.63) is 80.6 Å². The van der Waals surface area contributed by atoms with Gasteiger partial charge in [-0.1, -0.05) is 49.4 Å². The van der Waals surface area contributed by atoms with Gasteiger partial charge < -0.3 is 9.15 Å². The number of carbonyl (C=O) groups is 1. The number of para-hydroxylation sites is 1. The van der Waals surface area contributed by atoms with Gasteiger partial charge in [0, 0.05) is 5.92 Å². The van der Waals surface area contributed by atoms with Crippen LogP contribution < -0.4 is 15.1 Å². The Hall–Kier alpha value is -3.52. The molecule has 0 fully saturated rings. The highest BCUT2D eigenvalue weighted by Crippen LogP contribution is 2.42. The molecular formula is C24H21N3O4S. The summed E-state index contributed by atoms with van der Waals surface area (Å²) in [5.41, 5.74) is 1.26. The minimum atomic E-state index is -0.665. The summed E-state index contributed by atoms with van der Waals surface area (Å²) >= 11 is 1.35. The first kappa shape index (κ1) is 20.4. The van der Waals surface area contributed by atoms with Gasteiger partial charge in [-0.15, -0.1) is 10.2 Å². The number of amides is 1. The minimum absolute atomic E-state index is 0.0499. The third-order valence-electron chi connectivity index (χ3n) is 5.41. The van der Waals surface area contributed by atoms with Gasteiger partial charge in [-0.3, -0.25) is 14.5 Å². The van der Waals surface area contributed by atoms with Crippen molar-refractivity contribution in [1.29, 1.82) is 0 Å². The van der Waals surface area contributed by atoms with E-state index in [9.17, 15) is 9.59 Å². The number of hydrogen-bond acceptors (Lipinski definition) is 7. The van der Waals surface area contributed by atoms with Gasteiger partial charge >= 0.3 is 0 Å². The Labute approximate surface area is 188 Å². The highest BCUT2D eigenvalue weighted by atomic mass is 32.1. The lowest BCUT2D eigenvalue weighted by molar-refractivity contribution is 0.0970. The molecule has 0 radical (unpaired) electrons. The van der Waals surface area contributed by atoms with Crippen LogP contribution in [0.4, 0.5) is 5.13 Å². The van der Waals surface area contributed by atoms with Crippen LogP contribution in [0.5, 0.6) is 5.75 Å². The smallest absolute Gasteiger partial charge is 0.297 e. The van der Waals surface area contributed by atoms with Crippen LogP contribution in [0.1, 0.15) is 59.4 Å². The summed E-state index contributed by atoms with van der Waals surface area (Å²) in [5.74, 6) is 0.547. The predicted octanol–water partition coefficient (Wildman–Crippen LogP) is 4.92. The zero-order chi connectivity index (χ0) is 22.4. The van der Waals surface area contributed by atoms with Crippen molar-refractivity contribution in [3.63, 3.8) is 0 Å². The fourth-order valence-electron chi connectivity index (χ4n) is 3.90. The Morgan fingerprint density at radius 3 is 2.53 bits per heavy atom. The van der Waals surface area contributed by atoms with Crippen LogP contribution >= 0.6 is 11.3 Å². The van der Waals surface area contributed by atoms with Crippen LogP contribution in [-0.4, -0.2) is 22.7 Å². The van der Waals surface area contributed by atoms with Gasteiger partial charge in [0.15, 0.2) is 5.43 Å². The summed E-state index contributed by atoms with van der Waals surface area (Å²) < 4.78 is 11.5. The molecule has 3 heterocycles. The molecular weight excluding hydrogens is 426 g/mol. The third kappa shape index (κ3) is 3.18.